The summed E-state index contributed by atoms with van der Waals surface area (Å²) < 4.78 is 5.13. The second kappa shape index (κ2) is 3.75. The van der Waals surface area contributed by atoms with Gasteiger partial charge in [0, 0.05) is 12.5 Å². The Balaban J connectivity index is 2.37. The van der Waals surface area contributed by atoms with Crippen LogP contribution in [-0.4, -0.2) is 35.0 Å². The molecule has 0 radical (unpaired) electrons. The fraction of sp³-hybridized carbons (Fsp3) is 0.833. The van der Waals surface area contributed by atoms with Crippen LogP contribution in [0.4, 0.5) is 4.79 Å². The van der Waals surface area contributed by atoms with Crippen LogP contribution >= 0.6 is 0 Å². The first-order valence-electron chi connectivity index (χ1n) is 6.03. The first kappa shape index (κ1) is 11.4. The van der Waals surface area contributed by atoms with Crippen molar-refractivity contribution in [3.05, 3.63) is 0 Å². The molecule has 1 aliphatic carbocycles. The van der Waals surface area contributed by atoms with E-state index >= 15 is 0 Å². The summed E-state index contributed by atoms with van der Waals surface area (Å²) in [7, 11) is 0. The van der Waals surface area contributed by atoms with Crippen molar-refractivity contribution in [3.63, 3.8) is 0 Å². The molecule has 90 valence electrons. The summed E-state index contributed by atoms with van der Waals surface area (Å²) in [4.78, 5) is 25.7. The van der Waals surface area contributed by atoms with E-state index in [-0.39, 0.29) is 30.4 Å². The van der Waals surface area contributed by atoms with E-state index in [9.17, 15) is 9.59 Å². The Morgan fingerprint density at radius 2 is 2.19 bits per heavy atom. The first-order chi connectivity index (χ1) is 7.54. The molecule has 2 rings (SSSR count). The summed E-state index contributed by atoms with van der Waals surface area (Å²) in [5, 5.41) is 0. The largest absolute Gasteiger partial charge is 0.446 e. The Labute approximate surface area is 95.9 Å². The average molecular weight is 225 g/mol. The minimum absolute atomic E-state index is 0.104. The lowest BCUT2D eigenvalue weighted by Crippen LogP contribution is -2.57. The van der Waals surface area contributed by atoms with Crippen LogP contribution in [0.2, 0.25) is 0 Å². The van der Waals surface area contributed by atoms with E-state index in [1.54, 1.807) is 4.90 Å². The van der Waals surface area contributed by atoms with Crippen molar-refractivity contribution >= 4 is 11.9 Å². The second-order valence-electron chi connectivity index (χ2n) is 5.01. The van der Waals surface area contributed by atoms with Crippen molar-refractivity contribution in [2.75, 3.05) is 6.61 Å². The highest BCUT2D eigenvalue weighted by atomic mass is 16.6. The maximum absolute atomic E-state index is 12.2. The molecule has 1 aliphatic heterocycles. The van der Waals surface area contributed by atoms with Gasteiger partial charge in [0.05, 0.1) is 0 Å². The van der Waals surface area contributed by atoms with Gasteiger partial charge in [0.15, 0.2) is 5.78 Å². The summed E-state index contributed by atoms with van der Waals surface area (Å²) in [5.74, 6) is 0.229. The van der Waals surface area contributed by atoms with Crippen molar-refractivity contribution in [2.45, 2.75) is 51.6 Å². The van der Waals surface area contributed by atoms with Crippen LogP contribution in [0.5, 0.6) is 0 Å². The smallest absolute Gasteiger partial charge is 0.411 e. The maximum atomic E-state index is 12.2. The highest BCUT2D eigenvalue weighted by molar-refractivity contribution is 5.94. The van der Waals surface area contributed by atoms with Gasteiger partial charge in [0.25, 0.3) is 0 Å². The Morgan fingerprint density at radius 1 is 1.56 bits per heavy atom. The van der Waals surface area contributed by atoms with Crippen LogP contribution in [0.25, 0.3) is 0 Å². The maximum Gasteiger partial charge on any atom is 0.411 e. The molecule has 0 unspecified atom stereocenters. The molecular formula is C12H19NO3. The Morgan fingerprint density at radius 3 is 2.62 bits per heavy atom. The van der Waals surface area contributed by atoms with Gasteiger partial charge in [-0.1, -0.05) is 20.8 Å². The fourth-order valence-corrected chi connectivity index (χ4v) is 2.57. The third kappa shape index (κ3) is 1.43. The van der Waals surface area contributed by atoms with Crippen molar-refractivity contribution in [3.8, 4) is 0 Å². The zero-order chi connectivity index (χ0) is 11.9. The van der Waals surface area contributed by atoms with Gasteiger partial charge in [0.2, 0.25) is 0 Å². The number of carbonyl (C=O) groups is 2. The molecule has 2 aliphatic rings. The number of amides is 1. The molecule has 1 atom stereocenters. The Bertz CT molecular complexity index is 322. The lowest BCUT2D eigenvalue weighted by atomic mass is 9.81. The quantitative estimate of drug-likeness (QED) is 0.735. The summed E-state index contributed by atoms with van der Waals surface area (Å²) >= 11 is 0. The SMILES string of the molecule is CCC(=O)[C@]1(C(C)C)COC(=O)N1C1CC1. The van der Waals surface area contributed by atoms with Crippen LogP contribution in [-0.2, 0) is 9.53 Å². The van der Waals surface area contributed by atoms with Crippen molar-refractivity contribution < 1.29 is 14.3 Å². The highest BCUT2D eigenvalue weighted by Gasteiger charge is 2.58. The van der Waals surface area contributed by atoms with E-state index in [4.69, 9.17) is 4.74 Å². The summed E-state index contributed by atoms with van der Waals surface area (Å²) in [6, 6.07) is 0.230. The van der Waals surface area contributed by atoms with Gasteiger partial charge in [-0.15, -0.1) is 0 Å². The number of cyclic esters (lactones) is 1. The lowest BCUT2D eigenvalue weighted by molar-refractivity contribution is -0.131. The fourth-order valence-electron chi connectivity index (χ4n) is 2.57. The highest BCUT2D eigenvalue weighted by Crippen LogP contribution is 2.42. The van der Waals surface area contributed by atoms with Crippen LogP contribution < -0.4 is 0 Å². The van der Waals surface area contributed by atoms with Gasteiger partial charge < -0.3 is 4.74 Å². The number of ether oxygens (including phenoxy) is 1. The number of rotatable bonds is 4. The molecule has 1 saturated heterocycles. The molecule has 1 saturated carbocycles. The van der Waals surface area contributed by atoms with Crippen LogP contribution in [0.1, 0.15) is 40.0 Å². The third-order valence-electron chi connectivity index (χ3n) is 3.71. The molecule has 0 aromatic carbocycles. The van der Waals surface area contributed by atoms with Crippen molar-refractivity contribution in [1.29, 1.82) is 0 Å². The van der Waals surface area contributed by atoms with Crippen LogP contribution in [0.15, 0.2) is 0 Å². The van der Waals surface area contributed by atoms with Gasteiger partial charge in [-0.2, -0.15) is 0 Å². The van der Waals surface area contributed by atoms with Crippen molar-refractivity contribution in [1.82, 2.24) is 4.90 Å². The van der Waals surface area contributed by atoms with E-state index in [1.165, 1.54) is 0 Å². The van der Waals surface area contributed by atoms with E-state index in [0.29, 0.717) is 6.42 Å². The minimum Gasteiger partial charge on any atom is -0.446 e. The van der Waals surface area contributed by atoms with Gasteiger partial charge in [0.1, 0.15) is 12.1 Å². The molecule has 0 spiro atoms. The van der Waals surface area contributed by atoms with E-state index in [1.807, 2.05) is 20.8 Å². The zero-order valence-electron chi connectivity index (χ0n) is 10.2. The standard InChI is InChI=1S/C12H19NO3/c1-4-10(14)12(8(2)3)7-16-11(15)13(12)9-5-6-9/h8-9H,4-7H2,1-3H3/t12-/m1/s1. The number of Topliss-reactive ketones (excluding diaryl/α,β-unsaturated/α-hetero) is 1. The monoisotopic (exact) mass is 225 g/mol. The van der Waals surface area contributed by atoms with Gasteiger partial charge >= 0.3 is 6.09 Å². The van der Waals surface area contributed by atoms with Gasteiger partial charge in [-0.05, 0) is 18.8 Å². The van der Waals surface area contributed by atoms with E-state index in [0.717, 1.165) is 12.8 Å². The Kier molecular flexibility index (Phi) is 2.68. The molecule has 1 heterocycles. The zero-order valence-corrected chi connectivity index (χ0v) is 10.2. The number of nitrogens with zero attached hydrogens (tertiary/aromatic N) is 1. The molecule has 16 heavy (non-hydrogen) atoms. The van der Waals surface area contributed by atoms with Gasteiger partial charge in [-0.25, -0.2) is 4.79 Å². The second-order valence-corrected chi connectivity index (χ2v) is 5.01. The molecular weight excluding hydrogens is 206 g/mol. The molecule has 0 N–H and O–H groups in total. The molecule has 1 amide bonds. The normalized spacial score (nSPS) is 29.8. The Hall–Kier alpha value is -1.06. The molecule has 4 heteroatoms. The number of hydrogen-bond acceptors (Lipinski definition) is 3. The molecule has 2 fully saturated rings. The van der Waals surface area contributed by atoms with E-state index < -0.39 is 5.54 Å². The number of carbonyl (C=O) groups excluding carboxylic acids is 2. The average Bonchev–Trinajstić information content (AvgIpc) is 3.01. The first-order valence-corrected chi connectivity index (χ1v) is 6.03. The third-order valence-corrected chi connectivity index (χ3v) is 3.71. The van der Waals surface area contributed by atoms with Crippen LogP contribution in [0.3, 0.4) is 0 Å². The molecule has 4 nitrogen and oxygen atoms in total. The van der Waals surface area contributed by atoms with Gasteiger partial charge in [-0.3, -0.25) is 9.69 Å². The van der Waals surface area contributed by atoms with Crippen molar-refractivity contribution in [2.24, 2.45) is 5.92 Å². The predicted molar refractivity (Wildman–Crippen MR) is 59.1 cm³/mol. The summed E-state index contributed by atoms with van der Waals surface area (Å²) in [6.45, 7) is 6.06. The van der Waals surface area contributed by atoms with E-state index in [2.05, 4.69) is 0 Å². The number of ketones is 1. The number of hydrogen-bond donors (Lipinski definition) is 0. The molecule has 0 bridgehead atoms. The molecule has 0 aromatic rings. The minimum atomic E-state index is -0.701. The van der Waals surface area contributed by atoms with Crippen LogP contribution in [0, 0.1) is 5.92 Å². The summed E-state index contributed by atoms with van der Waals surface area (Å²) in [6.07, 6.45) is 2.15. The predicted octanol–water partition coefficient (Wildman–Crippen LogP) is 1.97. The molecule has 0 aromatic heterocycles. The lowest BCUT2D eigenvalue weighted by Gasteiger charge is -2.37. The summed E-state index contributed by atoms with van der Waals surface area (Å²) in [5.41, 5.74) is -0.701. The topological polar surface area (TPSA) is 46.6 Å².